The molecule has 24 heavy (non-hydrogen) atoms. The van der Waals surface area contributed by atoms with Gasteiger partial charge in [-0.2, -0.15) is 0 Å². The van der Waals surface area contributed by atoms with Gasteiger partial charge in [0.25, 0.3) is 0 Å². The molecule has 0 aromatic heterocycles. The number of carboxylic acids is 3. The minimum absolute atomic E-state index is 0.102. The second kappa shape index (κ2) is 16.0. The molecule has 144 valence electrons. The van der Waals surface area contributed by atoms with Crippen molar-refractivity contribution in [1.29, 1.82) is 0 Å². The number of carboxylic acid groups (broad SMARTS) is 3. The van der Waals surface area contributed by atoms with Crippen LogP contribution in [0.4, 0.5) is 0 Å². The van der Waals surface area contributed by atoms with Crippen LogP contribution in [0.3, 0.4) is 0 Å². The molecule has 4 atom stereocenters. The van der Waals surface area contributed by atoms with Gasteiger partial charge in [0.05, 0.1) is 25.2 Å². The SMILES string of the molecule is CC(O)C(O)C(=O)O.O=C(O)C(O)CCO.O=C(O)CC(O)CO. The second-order valence-corrected chi connectivity index (χ2v) is 4.32. The van der Waals surface area contributed by atoms with E-state index >= 15 is 0 Å². The fourth-order valence-corrected chi connectivity index (χ4v) is 0.718. The lowest BCUT2D eigenvalue weighted by atomic mass is 10.2. The predicted octanol–water partition coefficient (Wildman–Crippen LogP) is -3.56. The van der Waals surface area contributed by atoms with E-state index in [-0.39, 0.29) is 13.0 Å². The highest BCUT2D eigenvalue weighted by Crippen LogP contribution is 1.89. The van der Waals surface area contributed by atoms with Crippen molar-refractivity contribution >= 4 is 17.9 Å². The van der Waals surface area contributed by atoms with Gasteiger partial charge in [0.2, 0.25) is 0 Å². The summed E-state index contributed by atoms with van der Waals surface area (Å²) in [6.07, 6.45) is -5.89. The molecule has 0 rings (SSSR count). The minimum atomic E-state index is -1.66. The number of rotatable bonds is 8. The summed E-state index contributed by atoms with van der Waals surface area (Å²) in [5, 5.41) is 73.4. The molecule has 0 heterocycles. The van der Waals surface area contributed by atoms with E-state index in [2.05, 4.69) is 0 Å². The molecule has 4 unspecified atom stereocenters. The summed E-state index contributed by atoms with van der Waals surface area (Å²) in [7, 11) is 0. The quantitative estimate of drug-likeness (QED) is 0.204. The fraction of sp³-hybridized carbons (Fsp3) is 0.750. The molecule has 0 bridgehead atoms. The first-order chi connectivity index (χ1) is 10.9. The van der Waals surface area contributed by atoms with E-state index < -0.39 is 55.4 Å². The van der Waals surface area contributed by atoms with E-state index in [0.29, 0.717) is 0 Å². The Kier molecular flexibility index (Phi) is 18.1. The van der Waals surface area contributed by atoms with Crippen LogP contribution in [0.2, 0.25) is 0 Å². The number of hydrogen-bond donors (Lipinski definition) is 9. The van der Waals surface area contributed by atoms with Crippen LogP contribution in [0.25, 0.3) is 0 Å². The van der Waals surface area contributed by atoms with Crippen molar-refractivity contribution in [3.05, 3.63) is 0 Å². The van der Waals surface area contributed by atoms with Gasteiger partial charge in [0, 0.05) is 13.0 Å². The smallest absolute Gasteiger partial charge is 0.335 e. The zero-order valence-electron chi connectivity index (χ0n) is 12.9. The monoisotopic (exact) mass is 360 g/mol. The lowest BCUT2D eigenvalue weighted by Gasteiger charge is -2.05. The first kappa shape index (κ1) is 27.0. The topological polar surface area (TPSA) is 233 Å². The molecule has 0 saturated heterocycles. The Hall–Kier alpha value is -1.83. The van der Waals surface area contributed by atoms with Crippen molar-refractivity contribution in [3.63, 3.8) is 0 Å². The Morgan fingerprint density at radius 2 is 1.33 bits per heavy atom. The molecule has 0 fully saturated rings. The van der Waals surface area contributed by atoms with Gasteiger partial charge in [-0.3, -0.25) is 4.79 Å². The van der Waals surface area contributed by atoms with Crippen LogP contribution in [0, 0.1) is 0 Å². The van der Waals surface area contributed by atoms with Crippen molar-refractivity contribution in [1.82, 2.24) is 0 Å². The summed E-state index contributed by atoms with van der Waals surface area (Å²) in [5.74, 6) is -3.80. The fourth-order valence-electron chi connectivity index (χ4n) is 0.718. The lowest BCUT2D eigenvalue weighted by molar-refractivity contribution is -0.152. The Morgan fingerprint density at radius 1 is 0.875 bits per heavy atom. The van der Waals surface area contributed by atoms with Crippen molar-refractivity contribution < 1.29 is 60.3 Å². The van der Waals surface area contributed by atoms with E-state index in [1.54, 1.807) is 0 Å². The van der Waals surface area contributed by atoms with Crippen LogP contribution < -0.4 is 0 Å². The maximum absolute atomic E-state index is 9.73. The third-order valence-corrected chi connectivity index (χ3v) is 2.02. The zero-order chi connectivity index (χ0) is 19.9. The first-order valence-corrected chi connectivity index (χ1v) is 6.51. The molecule has 12 heteroatoms. The van der Waals surface area contributed by atoms with Gasteiger partial charge in [0.1, 0.15) is 0 Å². The third-order valence-electron chi connectivity index (χ3n) is 2.02. The maximum atomic E-state index is 9.73. The van der Waals surface area contributed by atoms with Gasteiger partial charge in [-0.1, -0.05) is 0 Å². The van der Waals surface area contributed by atoms with E-state index in [1.165, 1.54) is 6.92 Å². The number of aliphatic hydroxyl groups excluding tert-OH is 6. The van der Waals surface area contributed by atoms with Gasteiger partial charge in [-0.05, 0) is 6.92 Å². The summed E-state index contributed by atoms with van der Waals surface area (Å²) in [6.45, 7) is 0.415. The van der Waals surface area contributed by atoms with Gasteiger partial charge in [-0.15, -0.1) is 0 Å². The average Bonchev–Trinajstić information content (AvgIpc) is 2.46. The first-order valence-electron chi connectivity index (χ1n) is 6.51. The van der Waals surface area contributed by atoms with Crippen molar-refractivity contribution in [2.75, 3.05) is 13.2 Å². The van der Waals surface area contributed by atoms with Crippen LogP contribution in [0.1, 0.15) is 19.8 Å². The molecule has 9 N–H and O–H groups in total. The largest absolute Gasteiger partial charge is 0.481 e. The van der Waals surface area contributed by atoms with Gasteiger partial charge < -0.3 is 46.0 Å². The summed E-state index contributed by atoms with van der Waals surface area (Å²) in [6, 6.07) is 0. The lowest BCUT2D eigenvalue weighted by Crippen LogP contribution is -2.30. The molecule has 0 radical (unpaired) electrons. The van der Waals surface area contributed by atoms with E-state index in [1.807, 2.05) is 0 Å². The average molecular weight is 360 g/mol. The van der Waals surface area contributed by atoms with Crippen molar-refractivity contribution in [2.24, 2.45) is 0 Å². The molecule has 0 aliphatic rings. The van der Waals surface area contributed by atoms with Crippen molar-refractivity contribution in [3.8, 4) is 0 Å². The Bertz CT molecular complexity index is 356. The zero-order valence-corrected chi connectivity index (χ0v) is 12.9. The second-order valence-electron chi connectivity index (χ2n) is 4.32. The van der Waals surface area contributed by atoms with E-state index in [9.17, 15) is 14.4 Å². The summed E-state index contributed by atoms with van der Waals surface area (Å²) in [4.78, 5) is 29.2. The highest BCUT2D eigenvalue weighted by atomic mass is 16.4. The van der Waals surface area contributed by atoms with E-state index in [0.717, 1.165) is 0 Å². The van der Waals surface area contributed by atoms with Crippen LogP contribution >= 0.6 is 0 Å². The van der Waals surface area contributed by atoms with Gasteiger partial charge >= 0.3 is 17.9 Å². The predicted molar refractivity (Wildman–Crippen MR) is 76.0 cm³/mol. The Labute approximate surface area is 136 Å². The summed E-state index contributed by atoms with van der Waals surface area (Å²) >= 11 is 0. The van der Waals surface area contributed by atoms with Crippen LogP contribution in [-0.4, -0.2) is 101 Å². The third kappa shape index (κ3) is 20.2. The number of aliphatic carboxylic acids is 3. The molecular weight excluding hydrogens is 336 g/mol. The van der Waals surface area contributed by atoms with Crippen molar-refractivity contribution in [2.45, 2.75) is 44.2 Å². The van der Waals surface area contributed by atoms with Crippen LogP contribution in [0.15, 0.2) is 0 Å². The molecule has 0 aromatic carbocycles. The molecule has 0 amide bonds. The summed E-state index contributed by atoms with van der Waals surface area (Å²) < 4.78 is 0. The van der Waals surface area contributed by atoms with Crippen LogP contribution in [-0.2, 0) is 14.4 Å². The maximum Gasteiger partial charge on any atom is 0.335 e. The van der Waals surface area contributed by atoms with Crippen LogP contribution in [0.5, 0.6) is 0 Å². The number of aliphatic hydroxyl groups is 6. The molecule has 12 nitrogen and oxygen atoms in total. The highest BCUT2D eigenvalue weighted by Gasteiger charge is 2.18. The molecule has 0 aromatic rings. The molecule has 0 aliphatic heterocycles. The summed E-state index contributed by atoms with van der Waals surface area (Å²) in [5.41, 5.74) is 0. The highest BCUT2D eigenvalue weighted by molar-refractivity contribution is 5.72. The van der Waals surface area contributed by atoms with Gasteiger partial charge in [-0.25, -0.2) is 9.59 Å². The van der Waals surface area contributed by atoms with E-state index in [4.69, 9.17) is 46.0 Å². The van der Waals surface area contributed by atoms with Gasteiger partial charge in [0.15, 0.2) is 12.2 Å². The molecule has 0 spiro atoms. The number of hydrogen-bond acceptors (Lipinski definition) is 9. The Morgan fingerprint density at radius 3 is 1.42 bits per heavy atom. The molecule has 0 aliphatic carbocycles. The number of carbonyl (C=O) groups is 3. The normalized spacial score (nSPS) is 14.6. The standard InChI is InChI=1S/3C4H8O4/c5-2-3(6)1-4(7)8;1-2(5)3(6)4(7)8;5-2-1-3(6)4(7)8/h3,5-6H,1-2H2,(H,7,8);2-3,5-6H,1H3,(H,7,8);3,5-6H,1-2H2,(H,7,8). The Balaban J connectivity index is -0.000000276. The minimum Gasteiger partial charge on any atom is -0.481 e. The molecular formula is C12H24O12. The molecule has 0 saturated carbocycles.